The average molecular weight is 519 g/mol. The second-order valence-electron chi connectivity index (χ2n) is 10.2. The summed E-state index contributed by atoms with van der Waals surface area (Å²) in [7, 11) is 0. The molecule has 3 aromatic rings. The zero-order valence-corrected chi connectivity index (χ0v) is 22.2. The van der Waals surface area contributed by atoms with Crippen molar-refractivity contribution < 1.29 is 28.4 Å². The van der Waals surface area contributed by atoms with Crippen molar-refractivity contribution in [1.82, 2.24) is 0 Å². The van der Waals surface area contributed by atoms with Crippen molar-refractivity contribution in [3.05, 3.63) is 108 Å². The van der Waals surface area contributed by atoms with Crippen molar-refractivity contribution in [3.8, 4) is 0 Å². The fourth-order valence-electron chi connectivity index (χ4n) is 5.11. The lowest BCUT2D eigenvalue weighted by molar-refractivity contribution is -0.300. The number of rotatable bonds is 12. The Morgan fingerprint density at radius 2 is 1.21 bits per heavy atom. The zero-order chi connectivity index (χ0) is 26.2. The van der Waals surface area contributed by atoms with E-state index >= 15 is 0 Å². The van der Waals surface area contributed by atoms with Gasteiger partial charge in [-0.15, -0.1) is 0 Å². The molecule has 2 aliphatic rings. The highest BCUT2D eigenvalue weighted by molar-refractivity contribution is 5.15. The molecule has 5 rings (SSSR count). The van der Waals surface area contributed by atoms with Gasteiger partial charge < -0.3 is 28.4 Å². The van der Waals surface area contributed by atoms with Crippen molar-refractivity contribution in [2.24, 2.45) is 5.92 Å². The zero-order valence-electron chi connectivity index (χ0n) is 22.2. The molecule has 6 heteroatoms. The van der Waals surface area contributed by atoms with Gasteiger partial charge in [0.25, 0.3) is 0 Å². The minimum absolute atomic E-state index is 0.0198. The van der Waals surface area contributed by atoms with E-state index in [4.69, 9.17) is 28.4 Å². The van der Waals surface area contributed by atoms with Crippen LogP contribution in [0.25, 0.3) is 0 Å². The first-order valence-corrected chi connectivity index (χ1v) is 13.5. The summed E-state index contributed by atoms with van der Waals surface area (Å²) in [5.41, 5.74) is 3.33. The van der Waals surface area contributed by atoms with Gasteiger partial charge in [-0.25, -0.2) is 0 Å². The summed E-state index contributed by atoms with van der Waals surface area (Å²) in [6, 6.07) is 30.6. The fourth-order valence-corrected chi connectivity index (χ4v) is 5.11. The van der Waals surface area contributed by atoms with Gasteiger partial charge in [-0.3, -0.25) is 0 Å². The molecule has 0 unspecified atom stereocenters. The lowest BCUT2D eigenvalue weighted by Crippen LogP contribution is -2.56. The largest absolute Gasteiger partial charge is 0.374 e. The average Bonchev–Trinajstić information content (AvgIpc) is 3.34. The molecule has 0 amide bonds. The Labute approximate surface area is 225 Å². The topological polar surface area (TPSA) is 55.4 Å². The van der Waals surface area contributed by atoms with Gasteiger partial charge in [0.05, 0.1) is 38.6 Å². The first-order valence-electron chi connectivity index (χ1n) is 13.5. The number of hydrogen-bond donors (Lipinski definition) is 0. The normalized spacial score (nSPS) is 26.9. The quantitative estimate of drug-likeness (QED) is 0.298. The van der Waals surface area contributed by atoms with Crippen LogP contribution in [0.5, 0.6) is 0 Å². The van der Waals surface area contributed by atoms with Gasteiger partial charge in [-0.2, -0.15) is 0 Å². The van der Waals surface area contributed by atoms with Crippen molar-refractivity contribution in [2.75, 3.05) is 6.61 Å². The predicted octanol–water partition coefficient (Wildman–Crippen LogP) is 5.89. The molecule has 3 aromatic carbocycles. The van der Waals surface area contributed by atoms with Crippen LogP contribution in [-0.2, 0) is 48.2 Å². The van der Waals surface area contributed by atoms with Gasteiger partial charge in [-0.05, 0) is 30.5 Å². The molecule has 6 nitrogen and oxygen atoms in total. The number of ether oxygens (including phenoxy) is 6. The van der Waals surface area contributed by atoms with E-state index in [1.165, 1.54) is 0 Å². The molecule has 0 spiro atoms. The molecule has 2 aliphatic heterocycles. The number of hydrogen-bond acceptors (Lipinski definition) is 6. The van der Waals surface area contributed by atoms with E-state index in [2.05, 4.69) is 36.4 Å². The summed E-state index contributed by atoms with van der Waals surface area (Å²) in [6.07, 6.45) is -0.985. The van der Waals surface area contributed by atoms with Crippen LogP contribution in [0.3, 0.4) is 0 Å². The summed E-state index contributed by atoms with van der Waals surface area (Å²) in [5, 5.41) is 0. The standard InChI is InChI=1S/C32H38O6/c1-23(2)36-29-18-27-30(34-20-25-14-8-4-9-15-25)31(35-21-26-16-10-5-11-17-26)28(37-32(27)38-29)22-33-19-24-12-6-3-7-13-24/h3-17,23,27-32H,18-22H2,1-2H3/t27-,28-,29-,30-,31-,32-/m1/s1. The van der Waals surface area contributed by atoms with E-state index in [9.17, 15) is 0 Å². The highest BCUT2D eigenvalue weighted by Gasteiger charge is 2.53. The molecule has 0 aliphatic carbocycles. The third kappa shape index (κ3) is 7.29. The molecule has 202 valence electrons. The van der Waals surface area contributed by atoms with Gasteiger partial charge in [0, 0.05) is 12.3 Å². The smallest absolute Gasteiger partial charge is 0.166 e. The van der Waals surface area contributed by atoms with Crippen LogP contribution in [0.4, 0.5) is 0 Å². The van der Waals surface area contributed by atoms with Crippen LogP contribution < -0.4 is 0 Å². The second-order valence-corrected chi connectivity index (χ2v) is 10.2. The molecule has 38 heavy (non-hydrogen) atoms. The third-order valence-corrected chi connectivity index (χ3v) is 6.91. The Morgan fingerprint density at radius 1 is 0.684 bits per heavy atom. The maximum Gasteiger partial charge on any atom is 0.166 e. The maximum absolute atomic E-state index is 6.64. The Bertz CT molecular complexity index is 1080. The van der Waals surface area contributed by atoms with E-state index in [0.717, 1.165) is 16.7 Å². The van der Waals surface area contributed by atoms with Crippen LogP contribution in [0.1, 0.15) is 37.0 Å². The van der Waals surface area contributed by atoms with Crippen molar-refractivity contribution in [2.45, 2.75) is 77.1 Å². The third-order valence-electron chi connectivity index (χ3n) is 6.91. The highest BCUT2D eigenvalue weighted by Crippen LogP contribution is 2.41. The Hall–Kier alpha value is -2.58. The van der Waals surface area contributed by atoms with E-state index in [0.29, 0.717) is 32.8 Å². The summed E-state index contributed by atoms with van der Waals surface area (Å²) in [6.45, 7) is 5.83. The molecule has 0 aromatic heterocycles. The van der Waals surface area contributed by atoms with Crippen molar-refractivity contribution in [1.29, 1.82) is 0 Å². The fraction of sp³-hybridized carbons (Fsp3) is 0.438. The van der Waals surface area contributed by atoms with Crippen LogP contribution in [0.2, 0.25) is 0 Å². The minimum Gasteiger partial charge on any atom is -0.374 e. The maximum atomic E-state index is 6.64. The first kappa shape index (κ1) is 27.0. The summed E-state index contributed by atoms with van der Waals surface area (Å²) >= 11 is 0. The van der Waals surface area contributed by atoms with Gasteiger partial charge in [0.2, 0.25) is 0 Å². The molecule has 6 atom stereocenters. The second kappa shape index (κ2) is 13.5. The predicted molar refractivity (Wildman–Crippen MR) is 144 cm³/mol. The van der Waals surface area contributed by atoms with Crippen LogP contribution in [0.15, 0.2) is 91.0 Å². The SMILES string of the molecule is CC(C)O[C@H]1C[C@H]2[C@@H](O1)O[C@H](COCc1ccccc1)[C@@H](OCc1ccccc1)[C@@H]2OCc1ccccc1. The van der Waals surface area contributed by atoms with Gasteiger partial charge in [-0.1, -0.05) is 91.0 Å². The Morgan fingerprint density at radius 3 is 1.76 bits per heavy atom. The van der Waals surface area contributed by atoms with Crippen molar-refractivity contribution in [3.63, 3.8) is 0 Å². The van der Waals surface area contributed by atoms with Crippen molar-refractivity contribution >= 4 is 0 Å². The molecular weight excluding hydrogens is 480 g/mol. The van der Waals surface area contributed by atoms with Gasteiger partial charge in [0.1, 0.15) is 12.2 Å². The number of fused-ring (bicyclic) bond motifs is 1. The van der Waals surface area contributed by atoms with E-state index in [1.54, 1.807) is 0 Å². The Kier molecular flexibility index (Phi) is 9.57. The van der Waals surface area contributed by atoms with Crippen LogP contribution in [-0.4, -0.2) is 43.6 Å². The van der Waals surface area contributed by atoms with E-state index in [1.807, 2.05) is 68.4 Å². The lowest BCUT2D eigenvalue weighted by atomic mass is 9.89. The molecule has 2 fully saturated rings. The molecule has 2 heterocycles. The molecule has 0 N–H and O–H groups in total. The summed E-state index contributed by atoms with van der Waals surface area (Å²) in [5.74, 6) is -0.0198. The highest BCUT2D eigenvalue weighted by atomic mass is 16.8. The molecule has 0 radical (unpaired) electrons. The molecule has 2 saturated heterocycles. The van der Waals surface area contributed by atoms with Crippen LogP contribution in [0, 0.1) is 5.92 Å². The summed E-state index contributed by atoms with van der Waals surface area (Å²) < 4.78 is 38.1. The number of benzene rings is 3. The molecule has 0 bridgehead atoms. The van der Waals surface area contributed by atoms with E-state index < -0.39 is 6.29 Å². The first-order chi connectivity index (χ1) is 18.7. The minimum atomic E-state index is -0.443. The monoisotopic (exact) mass is 518 g/mol. The van der Waals surface area contributed by atoms with Crippen LogP contribution >= 0.6 is 0 Å². The van der Waals surface area contributed by atoms with Gasteiger partial charge >= 0.3 is 0 Å². The molecular formula is C32H38O6. The van der Waals surface area contributed by atoms with Gasteiger partial charge in [0.15, 0.2) is 12.6 Å². The lowest BCUT2D eigenvalue weighted by Gasteiger charge is -2.43. The molecule has 0 saturated carbocycles. The Balaban J connectivity index is 1.35. The summed E-state index contributed by atoms with van der Waals surface area (Å²) in [4.78, 5) is 0. The van der Waals surface area contributed by atoms with E-state index in [-0.39, 0.29) is 36.6 Å².